The molecule has 0 fully saturated rings. The first kappa shape index (κ1) is 19.2. The van der Waals surface area contributed by atoms with E-state index in [-0.39, 0.29) is 12.5 Å². The molecule has 1 atom stereocenters. The minimum absolute atomic E-state index is 0.0534. The Morgan fingerprint density at radius 1 is 1.40 bits per heavy atom. The van der Waals surface area contributed by atoms with Gasteiger partial charge < -0.3 is 15.4 Å². The number of nitrogens with two attached hydrogens (primary N) is 1. The summed E-state index contributed by atoms with van der Waals surface area (Å²) in [4.78, 5) is 26.4. The molecule has 138 valence electrons. The minimum Gasteiger partial charge on any atom is -0.497 e. The van der Waals surface area contributed by atoms with Gasteiger partial charge in [0.1, 0.15) is 5.75 Å². The molecule has 1 aromatic carbocycles. The molecule has 0 saturated carbocycles. The van der Waals surface area contributed by atoms with Gasteiger partial charge in [0.15, 0.2) is 0 Å². The van der Waals surface area contributed by atoms with Crippen LogP contribution in [0.3, 0.4) is 0 Å². The standard InChI is InChI=1S/C19H29N3O3/c1-13(2)11-19(3,18(20)24)21-12-17(23)22-9-5-6-14-10-15(25-4)7-8-16(14)22/h7-8,10,13,21H,5-6,9,11-12H2,1-4H3,(H2,20,24). The molecule has 0 radical (unpaired) electrons. The van der Waals surface area contributed by atoms with Crippen LogP contribution in [0.25, 0.3) is 0 Å². The second-order valence-electron chi connectivity index (χ2n) is 7.29. The molecule has 25 heavy (non-hydrogen) atoms. The number of nitrogens with zero attached hydrogens (tertiary/aromatic N) is 1. The molecule has 1 unspecified atom stereocenters. The number of carbonyl (C=O) groups is 2. The Kier molecular flexibility index (Phi) is 6.06. The zero-order valence-corrected chi connectivity index (χ0v) is 15.6. The third-order valence-electron chi connectivity index (χ3n) is 4.70. The van der Waals surface area contributed by atoms with Crippen LogP contribution < -0.4 is 20.7 Å². The summed E-state index contributed by atoms with van der Waals surface area (Å²) in [5.74, 6) is 0.604. The van der Waals surface area contributed by atoms with Gasteiger partial charge in [-0.25, -0.2) is 0 Å². The molecule has 3 N–H and O–H groups in total. The number of rotatable bonds is 7. The van der Waals surface area contributed by atoms with E-state index >= 15 is 0 Å². The molecule has 0 saturated heterocycles. The number of primary amides is 1. The molecule has 1 aliphatic heterocycles. The van der Waals surface area contributed by atoms with Crippen LogP contribution in [0.5, 0.6) is 5.75 Å². The summed E-state index contributed by atoms with van der Waals surface area (Å²) in [6, 6.07) is 5.77. The highest BCUT2D eigenvalue weighted by Crippen LogP contribution is 2.30. The van der Waals surface area contributed by atoms with Crippen molar-refractivity contribution in [1.29, 1.82) is 0 Å². The van der Waals surface area contributed by atoms with E-state index in [4.69, 9.17) is 10.5 Å². The summed E-state index contributed by atoms with van der Waals surface area (Å²) in [5, 5.41) is 3.09. The number of nitrogens with one attached hydrogen (secondary N) is 1. The number of anilines is 1. The maximum absolute atomic E-state index is 12.8. The Labute approximate surface area is 149 Å². The Bertz CT molecular complexity index is 645. The number of hydrogen-bond acceptors (Lipinski definition) is 4. The lowest BCUT2D eigenvalue weighted by molar-refractivity contribution is -0.125. The molecule has 1 aliphatic rings. The third-order valence-corrected chi connectivity index (χ3v) is 4.70. The van der Waals surface area contributed by atoms with Crippen LogP contribution >= 0.6 is 0 Å². The number of hydrogen-bond donors (Lipinski definition) is 2. The van der Waals surface area contributed by atoms with Gasteiger partial charge in [0.2, 0.25) is 11.8 Å². The SMILES string of the molecule is COc1ccc2c(c1)CCCN2C(=O)CNC(C)(CC(C)C)C(N)=O. The first-order valence-corrected chi connectivity index (χ1v) is 8.79. The molecule has 0 aromatic heterocycles. The van der Waals surface area contributed by atoms with E-state index in [9.17, 15) is 9.59 Å². The minimum atomic E-state index is -0.887. The Hall–Kier alpha value is -2.08. The highest BCUT2D eigenvalue weighted by molar-refractivity contribution is 5.96. The van der Waals surface area contributed by atoms with Crippen molar-refractivity contribution >= 4 is 17.5 Å². The average molecular weight is 347 g/mol. The predicted molar refractivity (Wildman–Crippen MR) is 98.7 cm³/mol. The van der Waals surface area contributed by atoms with Gasteiger partial charge in [0, 0.05) is 12.2 Å². The fourth-order valence-electron chi connectivity index (χ4n) is 3.40. The smallest absolute Gasteiger partial charge is 0.240 e. The van der Waals surface area contributed by atoms with Crippen molar-refractivity contribution < 1.29 is 14.3 Å². The van der Waals surface area contributed by atoms with Crippen LogP contribution in [0.2, 0.25) is 0 Å². The average Bonchev–Trinajstić information content (AvgIpc) is 2.57. The summed E-state index contributed by atoms with van der Waals surface area (Å²) >= 11 is 0. The van der Waals surface area contributed by atoms with E-state index < -0.39 is 11.4 Å². The van der Waals surface area contributed by atoms with Crippen LogP contribution in [0.15, 0.2) is 18.2 Å². The molecule has 1 aromatic rings. The number of ether oxygens (including phenoxy) is 1. The van der Waals surface area contributed by atoms with E-state index in [1.54, 1.807) is 18.9 Å². The maximum Gasteiger partial charge on any atom is 0.240 e. The first-order valence-electron chi connectivity index (χ1n) is 8.79. The van der Waals surface area contributed by atoms with Crippen molar-refractivity contribution in [1.82, 2.24) is 5.32 Å². The number of methoxy groups -OCH3 is 1. The van der Waals surface area contributed by atoms with E-state index in [0.29, 0.717) is 18.9 Å². The fourth-order valence-corrected chi connectivity index (χ4v) is 3.40. The highest BCUT2D eigenvalue weighted by atomic mass is 16.5. The normalized spacial score (nSPS) is 16.3. The van der Waals surface area contributed by atoms with Crippen LogP contribution in [-0.4, -0.2) is 37.6 Å². The molecule has 0 spiro atoms. The van der Waals surface area contributed by atoms with Gasteiger partial charge >= 0.3 is 0 Å². The molecule has 2 rings (SSSR count). The van der Waals surface area contributed by atoms with Crippen molar-refractivity contribution in [3.05, 3.63) is 23.8 Å². The lowest BCUT2D eigenvalue weighted by Crippen LogP contribution is -2.56. The van der Waals surface area contributed by atoms with Gasteiger partial charge in [0.25, 0.3) is 0 Å². The van der Waals surface area contributed by atoms with Gasteiger partial charge in [-0.2, -0.15) is 0 Å². The maximum atomic E-state index is 12.8. The quantitative estimate of drug-likeness (QED) is 0.788. The fraction of sp³-hybridized carbons (Fsp3) is 0.579. The third kappa shape index (κ3) is 4.51. The summed E-state index contributed by atoms with van der Waals surface area (Å²) in [7, 11) is 1.64. The molecule has 0 bridgehead atoms. The second kappa shape index (κ2) is 7.87. The van der Waals surface area contributed by atoms with Gasteiger partial charge in [-0.1, -0.05) is 13.8 Å². The predicted octanol–water partition coefficient (Wildman–Crippen LogP) is 1.85. The first-order chi connectivity index (χ1) is 11.8. The van der Waals surface area contributed by atoms with Crippen molar-refractivity contribution in [3.8, 4) is 5.75 Å². The summed E-state index contributed by atoms with van der Waals surface area (Å²) in [5.41, 5.74) is 6.70. The monoisotopic (exact) mass is 347 g/mol. The van der Waals surface area contributed by atoms with E-state index in [0.717, 1.165) is 29.8 Å². The number of benzene rings is 1. The Morgan fingerprint density at radius 2 is 2.12 bits per heavy atom. The molecular formula is C19H29N3O3. The van der Waals surface area contributed by atoms with Crippen molar-refractivity contribution in [2.24, 2.45) is 11.7 Å². The summed E-state index contributed by atoms with van der Waals surface area (Å²) in [6.45, 7) is 6.57. The molecule has 2 amide bonds. The van der Waals surface area contributed by atoms with Gasteiger partial charge in [-0.3, -0.25) is 14.9 Å². The largest absolute Gasteiger partial charge is 0.497 e. The Balaban J connectivity index is 2.10. The van der Waals surface area contributed by atoms with Gasteiger partial charge in [-0.05, 0) is 55.9 Å². The van der Waals surface area contributed by atoms with Crippen molar-refractivity contribution in [3.63, 3.8) is 0 Å². The van der Waals surface area contributed by atoms with E-state index in [2.05, 4.69) is 5.32 Å². The second-order valence-corrected chi connectivity index (χ2v) is 7.29. The zero-order valence-electron chi connectivity index (χ0n) is 15.6. The van der Waals surface area contributed by atoms with Gasteiger partial charge in [-0.15, -0.1) is 0 Å². The number of fused-ring (bicyclic) bond motifs is 1. The molecule has 6 heteroatoms. The number of aryl methyl sites for hydroxylation is 1. The lowest BCUT2D eigenvalue weighted by atomic mass is 9.90. The lowest BCUT2D eigenvalue weighted by Gasteiger charge is -2.33. The van der Waals surface area contributed by atoms with Crippen LogP contribution in [0, 0.1) is 5.92 Å². The Morgan fingerprint density at radius 3 is 2.72 bits per heavy atom. The number of amides is 2. The van der Waals surface area contributed by atoms with Crippen LogP contribution in [0.1, 0.15) is 39.2 Å². The number of carbonyl (C=O) groups excluding carboxylic acids is 2. The summed E-state index contributed by atoms with van der Waals surface area (Å²) < 4.78 is 5.26. The van der Waals surface area contributed by atoms with Crippen LogP contribution in [0.4, 0.5) is 5.69 Å². The van der Waals surface area contributed by atoms with E-state index in [1.807, 2.05) is 32.0 Å². The molecule has 0 aliphatic carbocycles. The highest BCUT2D eigenvalue weighted by Gasteiger charge is 2.33. The van der Waals surface area contributed by atoms with E-state index in [1.165, 1.54) is 0 Å². The summed E-state index contributed by atoms with van der Waals surface area (Å²) in [6.07, 6.45) is 2.42. The zero-order chi connectivity index (χ0) is 18.6. The molecule has 6 nitrogen and oxygen atoms in total. The van der Waals surface area contributed by atoms with Crippen LogP contribution in [-0.2, 0) is 16.0 Å². The van der Waals surface area contributed by atoms with Gasteiger partial charge in [0.05, 0.1) is 19.2 Å². The van der Waals surface area contributed by atoms with Crippen molar-refractivity contribution in [2.75, 3.05) is 25.1 Å². The molecule has 1 heterocycles. The molecular weight excluding hydrogens is 318 g/mol. The van der Waals surface area contributed by atoms with Crippen molar-refractivity contribution in [2.45, 2.75) is 45.6 Å². The topological polar surface area (TPSA) is 84.7 Å².